The standard InChI is InChI=1S/C51H60O14/c1-7-58-45(52)43(46(53)59-8-2)29-37-23-39(27-41(25-37)64-33-35-19-15-13-16-20-35)31-51(49(56)62-11-5,50(57)63-12-6)32-40-24-38(30-44(47(54)60-9-3)48(55)61-10-4)26-42(28-40)65-34-36-21-17-14-18-22-36/h13-28,43-44H,7-12,29-34H2,1-6H3. The summed E-state index contributed by atoms with van der Waals surface area (Å²) in [5, 5.41) is 0. The molecule has 0 saturated heterocycles. The Morgan fingerprint density at radius 1 is 0.400 bits per heavy atom. The molecule has 0 amide bonds. The van der Waals surface area contributed by atoms with Crippen LogP contribution in [0.2, 0.25) is 0 Å². The minimum atomic E-state index is -2.04. The monoisotopic (exact) mass is 896 g/mol. The fourth-order valence-electron chi connectivity index (χ4n) is 7.18. The molecular weight excluding hydrogens is 837 g/mol. The summed E-state index contributed by atoms with van der Waals surface area (Å²) in [6.45, 7) is 10.1. The second-order valence-electron chi connectivity index (χ2n) is 14.9. The van der Waals surface area contributed by atoms with Gasteiger partial charge in [0.15, 0.2) is 17.3 Å². The average molecular weight is 897 g/mol. The first-order valence-corrected chi connectivity index (χ1v) is 22.0. The van der Waals surface area contributed by atoms with Crippen LogP contribution in [0.15, 0.2) is 97.1 Å². The first-order valence-electron chi connectivity index (χ1n) is 22.0. The van der Waals surface area contributed by atoms with Crippen LogP contribution in [0.3, 0.4) is 0 Å². The molecule has 0 spiro atoms. The topological polar surface area (TPSA) is 176 Å². The Balaban J connectivity index is 1.90. The summed E-state index contributed by atoms with van der Waals surface area (Å²) >= 11 is 0. The van der Waals surface area contributed by atoms with Gasteiger partial charge in [-0.3, -0.25) is 28.8 Å². The zero-order chi connectivity index (χ0) is 47.2. The average Bonchev–Trinajstić information content (AvgIpc) is 3.29. The largest absolute Gasteiger partial charge is 0.489 e. The minimum absolute atomic E-state index is 0.0360. The zero-order valence-corrected chi connectivity index (χ0v) is 38.1. The van der Waals surface area contributed by atoms with Crippen LogP contribution in [0.5, 0.6) is 11.5 Å². The van der Waals surface area contributed by atoms with Crippen molar-refractivity contribution in [1.29, 1.82) is 0 Å². The van der Waals surface area contributed by atoms with E-state index < -0.39 is 53.1 Å². The van der Waals surface area contributed by atoms with Gasteiger partial charge in [0, 0.05) is 0 Å². The Morgan fingerprint density at radius 2 is 0.708 bits per heavy atom. The van der Waals surface area contributed by atoms with Crippen LogP contribution < -0.4 is 9.47 Å². The van der Waals surface area contributed by atoms with Gasteiger partial charge < -0.3 is 37.9 Å². The molecule has 0 fully saturated rings. The summed E-state index contributed by atoms with van der Waals surface area (Å²) in [7, 11) is 0. The van der Waals surface area contributed by atoms with Crippen molar-refractivity contribution in [2.45, 2.75) is 80.4 Å². The number of hydrogen-bond donors (Lipinski definition) is 0. The molecule has 0 aliphatic carbocycles. The molecule has 0 aromatic heterocycles. The van der Waals surface area contributed by atoms with Gasteiger partial charge in [-0.2, -0.15) is 0 Å². The van der Waals surface area contributed by atoms with Crippen LogP contribution in [0, 0.1) is 17.3 Å². The molecular formula is C51H60O14. The van der Waals surface area contributed by atoms with Gasteiger partial charge in [0.05, 0.1) is 39.6 Å². The van der Waals surface area contributed by atoms with Crippen molar-refractivity contribution < 1.29 is 66.7 Å². The molecule has 0 aliphatic rings. The van der Waals surface area contributed by atoms with E-state index in [9.17, 15) is 28.8 Å². The lowest BCUT2D eigenvalue weighted by atomic mass is 9.75. The van der Waals surface area contributed by atoms with E-state index in [0.717, 1.165) is 11.1 Å². The summed E-state index contributed by atoms with van der Waals surface area (Å²) in [5.41, 5.74) is 1.43. The third-order valence-corrected chi connectivity index (χ3v) is 10.1. The van der Waals surface area contributed by atoms with Crippen molar-refractivity contribution in [2.24, 2.45) is 17.3 Å². The van der Waals surface area contributed by atoms with Gasteiger partial charge in [0.2, 0.25) is 0 Å². The molecule has 0 aliphatic heterocycles. The molecule has 348 valence electrons. The maximum atomic E-state index is 14.5. The summed E-state index contributed by atoms with van der Waals surface area (Å²) < 4.78 is 44.9. The highest BCUT2D eigenvalue weighted by Crippen LogP contribution is 2.36. The first kappa shape index (κ1) is 50.9. The quantitative estimate of drug-likeness (QED) is 0.0348. The Kier molecular flexibility index (Phi) is 20.5. The lowest BCUT2D eigenvalue weighted by Gasteiger charge is -2.30. The summed E-state index contributed by atoms with van der Waals surface area (Å²) in [6.07, 6.45) is -0.874. The van der Waals surface area contributed by atoms with Crippen LogP contribution in [0.4, 0.5) is 0 Å². The van der Waals surface area contributed by atoms with Crippen LogP contribution in [-0.4, -0.2) is 75.5 Å². The fraction of sp³-hybridized carbons (Fsp3) is 0.412. The predicted molar refractivity (Wildman–Crippen MR) is 238 cm³/mol. The highest BCUT2D eigenvalue weighted by atomic mass is 16.6. The van der Waals surface area contributed by atoms with Crippen molar-refractivity contribution >= 4 is 35.8 Å². The van der Waals surface area contributed by atoms with E-state index in [1.165, 1.54) is 0 Å². The van der Waals surface area contributed by atoms with E-state index in [-0.39, 0.29) is 78.5 Å². The number of benzene rings is 4. The minimum Gasteiger partial charge on any atom is -0.489 e. The van der Waals surface area contributed by atoms with Crippen molar-refractivity contribution in [2.75, 3.05) is 39.6 Å². The number of carbonyl (C=O) groups is 6. The third-order valence-electron chi connectivity index (χ3n) is 10.1. The maximum Gasteiger partial charge on any atom is 0.324 e. The van der Waals surface area contributed by atoms with Crippen molar-refractivity contribution in [3.05, 3.63) is 130 Å². The summed E-state index contributed by atoms with van der Waals surface area (Å²) in [4.78, 5) is 81.6. The van der Waals surface area contributed by atoms with E-state index in [2.05, 4.69) is 0 Å². The van der Waals surface area contributed by atoms with Crippen molar-refractivity contribution in [3.8, 4) is 11.5 Å². The fourth-order valence-corrected chi connectivity index (χ4v) is 7.18. The molecule has 0 heterocycles. The number of rotatable bonds is 26. The second kappa shape index (κ2) is 26.2. The first-order chi connectivity index (χ1) is 31.4. The van der Waals surface area contributed by atoms with Crippen molar-refractivity contribution in [3.63, 3.8) is 0 Å². The van der Waals surface area contributed by atoms with Gasteiger partial charge in [-0.05, 0) is 125 Å². The van der Waals surface area contributed by atoms with Crippen LogP contribution >= 0.6 is 0 Å². The SMILES string of the molecule is CCOC(=O)C(Cc1cc(CC(Cc2cc(CC(C(=O)OCC)C(=O)OCC)cc(OCc3ccccc3)c2)(C(=O)OCC)C(=O)OCC)cc(OCc2ccccc2)c1)C(=O)OCC. The van der Waals surface area contributed by atoms with E-state index in [1.807, 2.05) is 60.7 Å². The Hall–Kier alpha value is -6.70. The van der Waals surface area contributed by atoms with Crippen molar-refractivity contribution in [1.82, 2.24) is 0 Å². The van der Waals surface area contributed by atoms with Crippen LogP contribution in [0.25, 0.3) is 0 Å². The normalized spacial score (nSPS) is 11.1. The predicted octanol–water partition coefficient (Wildman–Crippen LogP) is 7.31. The molecule has 4 rings (SSSR count). The molecule has 0 N–H and O–H groups in total. The van der Waals surface area contributed by atoms with Gasteiger partial charge in [-0.15, -0.1) is 0 Å². The van der Waals surface area contributed by atoms with Gasteiger partial charge in [-0.1, -0.05) is 72.8 Å². The molecule has 0 radical (unpaired) electrons. The number of ether oxygens (including phenoxy) is 8. The molecule has 4 aromatic carbocycles. The van der Waals surface area contributed by atoms with Crippen LogP contribution in [0.1, 0.15) is 74.9 Å². The van der Waals surface area contributed by atoms with E-state index >= 15 is 0 Å². The molecule has 0 bridgehead atoms. The zero-order valence-electron chi connectivity index (χ0n) is 38.1. The molecule has 0 unspecified atom stereocenters. The van der Waals surface area contributed by atoms with Gasteiger partial charge in [0.25, 0.3) is 0 Å². The van der Waals surface area contributed by atoms with Gasteiger partial charge in [0.1, 0.15) is 24.7 Å². The molecule has 0 saturated carbocycles. The smallest absolute Gasteiger partial charge is 0.324 e. The Labute approximate surface area is 380 Å². The molecule has 65 heavy (non-hydrogen) atoms. The summed E-state index contributed by atoms with van der Waals surface area (Å²) in [6, 6.07) is 28.9. The highest BCUT2D eigenvalue weighted by molar-refractivity contribution is 6.01. The second-order valence-corrected chi connectivity index (χ2v) is 14.9. The maximum absolute atomic E-state index is 14.5. The Bertz CT molecular complexity index is 1990. The number of esters is 6. The van der Waals surface area contributed by atoms with Crippen LogP contribution in [-0.2, 0) is 96.1 Å². The van der Waals surface area contributed by atoms with Gasteiger partial charge in [-0.25, -0.2) is 0 Å². The molecule has 14 heteroatoms. The number of hydrogen-bond acceptors (Lipinski definition) is 14. The van der Waals surface area contributed by atoms with E-state index in [1.54, 1.807) is 77.9 Å². The lowest BCUT2D eigenvalue weighted by molar-refractivity contribution is -0.172. The summed E-state index contributed by atoms with van der Waals surface area (Å²) in [5.74, 6) is -6.81. The van der Waals surface area contributed by atoms with E-state index in [0.29, 0.717) is 33.8 Å². The van der Waals surface area contributed by atoms with Gasteiger partial charge >= 0.3 is 35.8 Å². The molecule has 0 atom stereocenters. The number of carbonyl (C=O) groups excluding carboxylic acids is 6. The van der Waals surface area contributed by atoms with E-state index in [4.69, 9.17) is 37.9 Å². The third kappa shape index (κ3) is 15.2. The molecule has 4 aromatic rings. The molecule has 14 nitrogen and oxygen atoms in total. The highest BCUT2D eigenvalue weighted by Gasteiger charge is 2.49. The Morgan fingerprint density at radius 3 is 1.02 bits per heavy atom. The lowest BCUT2D eigenvalue weighted by Crippen LogP contribution is -2.46.